The Hall–Kier alpha value is -2.29. The minimum absolute atomic E-state index is 0.270. The highest BCUT2D eigenvalue weighted by atomic mass is 16.3. The number of aromatic hydroxyl groups is 1. The van der Waals surface area contributed by atoms with Gasteiger partial charge in [0.2, 0.25) is 0 Å². The van der Waals surface area contributed by atoms with Crippen molar-refractivity contribution >= 4 is 11.1 Å². The third-order valence-corrected chi connectivity index (χ3v) is 2.63. The Morgan fingerprint density at radius 3 is 2.53 bits per heavy atom. The lowest BCUT2D eigenvalue weighted by Crippen LogP contribution is -1.86. The van der Waals surface area contributed by atoms with Crippen molar-refractivity contribution < 1.29 is 9.52 Å². The van der Waals surface area contributed by atoms with Gasteiger partial charge in [-0.15, -0.1) is 0 Å². The molecule has 0 saturated heterocycles. The standard InChI is InChI=1S/C14H11NO2/c16-11-7-5-10(6-8-11)9-14-15-12-3-1-2-4-13(12)17-14/h1-8,16H,9H2. The Morgan fingerprint density at radius 2 is 1.76 bits per heavy atom. The molecule has 3 rings (SSSR count). The molecule has 2 aromatic carbocycles. The maximum atomic E-state index is 9.20. The smallest absolute Gasteiger partial charge is 0.199 e. The highest BCUT2D eigenvalue weighted by molar-refractivity contribution is 5.72. The number of nitrogens with zero attached hydrogens (tertiary/aromatic N) is 1. The van der Waals surface area contributed by atoms with Gasteiger partial charge in [0.25, 0.3) is 0 Å². The lowest BCUT2D eigenvalue weighted by molar-refractivity contribution is 0.475. The van der Waals surface area contributed by atoms with Gasteiger partial charge >= 0.3 is 0 Å². The lowest BCUT2D eigenvalue weighted by Gasteiger charge is -1.97. The van der Waals surface area contributed by atoms with E-state index in [0.29, 0.717) is 12.3 Å². The van der Waals surface area contributed by atoms with E-state index in [9.17, 15) is 5.11 Å². The lowest BCUT2D eigenvalue weighted by atomic mass is 10.1. The first-order valence-corrected chi connectivity index (χ1v) is 5.43. The Labute approximate surface area is 98.3 Å². The Kier molecular flexibility index (Phi) is 2.29. The first kappa shape index (κ1) is 9.90. The molecule has 0 atom stereocenters. The summed E-state index contributed by atoms with van der Waals surface area (Å²) in [5.74, 6) is 0.961. The number of hydrogen-bond acceptors (Lipinski definition) is 3. The number of fused-ring (bicyclic) bond motifs is 1. The third kappa shape index (κ3) is 1.99. The summed E-state index contributed by atoms with van der Waals surface area (Å²) in [4.78, 5) is 4.40. The quantitative estimate of drug-likeness (QED) is 0.728. The summed E-state index contributed by atoms with van der Waals surface area (Å²) in [6, 6.07) is 14.8. The molecule has 3 heteroatoms. The average Bonchev–Trinajstić information content (AvgIpc) is 2.74. The minimum atomic E-state index is 0.270. The van der Waals surface area contributed by atoms with Crippen LogP contribution in [0.2, 0.25) is 0 Å². The van der Waals surface area contributed by atoms with Crippen LogP contribution in [0.25, 0.3) is 11.1 Å². The third-order valence-electron chi connectivity index (χ3n) is 2.63. The Morgan fingerprint density at radius 1 is 1.00 bits per heavy atom. The van der Waals surface area contributed by atoms with Crippen LogP contribution in [0.3, 0.4) is 0 Å². The van der Waals surface area contributed by atoms with E-state index in [0.717, 1.165) is 16.7 Å². The van der Waals surface area contributed by atoms with E-state index in [1.54, 1.807) is 12.1 Å². The van der Waals surface area contributed by atoms with Gasteiger partial charge < -0.3 is 9.52 Å². The Bertz CT molecular complexity index is 608. The molecule has 0 aliphatic rings. The molecule has 0 aliphatic heterocycles. The summed E-state index contributed by atoms with van der Waals surface area (Å²) in [5, 5.41) is 9.20. The molecule has 1 heterocycles. The van der Waals surface area contributed by atoms with Crippen LogP contribution in [-0.4, -0.2) is 10.1 Å². The number of rotatable bonds is 2. The fraction of sp³-hybridized carbons (Fsp3) is 0.0714. The van der Waals surface area contributed by atoms with Crippen LogP contribution in [0.1, 0.15) is 11.5 Å². The SMILES string of the molecule is Oc1ccc(Cc2nc3ccccc3o2)cc1. The number of phenolic OH excluding ortho intramolecular Hbond substituents is 1. The average molecular weight is 225 g/mol. The Balaban J connectivity index is 1.92. The summed E-state index contributed by atoms with van der Waals surface area (Å²) in [6.07, 6.45) is 0.634. The molecule has 0 bridgehead atoms. The predicted octanol–water partition coefficient (Wildman–Crippen LogP) is 3.12. The molecule has 17 heavy (non-hydrogen) atoms. The fourth-order valence-corrected chi connectivity index (χ4v) is 1.78. The summed E-state index contributed by atoms with van der Waals surface area (Å²) < 4.78 is 5.63. The number of aromatic nitrogens is 1. The van der Waals surface area contributed by atoms with Gasteiger partial charge in [-0.25, -0.2) is 4.98 Å². The zero-order valence-electron chi connectivity index (χ0n) is 9.13. The van der Waals surface area contributed by atoms with Crippen molar-refractivity contribution in [2.75, 3.05) is 0 Å². The van der Waals surface area contributed by atoms with Crippen LogP contribution in [-0.2, 0) is 6.42 Å². The highest BCUT2D eigenvalue weighted by Crippen LogP contribution is 2.18. The van der Waals surface area contributed by atoms with Gasteiger partial charge in [-0.05, 0) is 29.8 Å². The molecule has 3 aromatic rings. The van der Waals surface area contributed by atoms with Crippen molar-refractivity contribution in [1.82, 2.24) is 4.98 Å². The van der Waals surface area contributed by atoms with E-state index >= 15 is 0 Å². The topological polar surface area (TPSA) is 46.3 Å². The number of phenols is 1. The van der Waals surface area contributed by atoms with E-state index in [1.165, 1.54) is 0 Å². The van der Waals surface area contributed by atoms with Gasteiger partial charge in [0.05, 0.1) is 0 Å². The second-order valence-electron chi connectivity index (χ2n) is 3.92. The van der Waals surface area contributed by atoms with E-state index < -0.39 is 0 Å². The molecule has 0 saturated carbocycles. The molecule has 0 unspecified atom stereocenters. The van der Waals surface area contributed by atoms with Crippen LogP contribution >= 0.6 is 0 Å². The molecule has 1 aromatic heterocycles. The minimum Gasteiger partial charge on any atom is -0.508 e. The molecule has 3 nitrogen and oxygen atoms in total. The maximum absolute atomic E-state index is 9.20. The van der Waals surface area contributed by atoms with E-state index in [-0.39, 0.29) is 5.75 Å². The summed E-state index contributed by atoms with van der Waals surface area (Å²) in [7, 11) is 0. The van der Waals surface area contributed by atoms with Gasteiger partial charge in [0.1, 0.15) is 11.3 Å². The summed E-state index contributed by atoms with van der Waals surface area (Å²) in [5.41, 5.74) is 2.75. The molecule has 0 radical (unpaired) electrons. The van der Waals surface area contributed by atoms with Gasteiger partial charge in [-0.1, -0.05) is 24.3 Å². The van der Waals surface area contributed by atoms with Gasteiger partial charge in [-0.2, -0.15) is 0 Å². The maximum Gasteiger partial charge on any atom is 0.199 e. The number of benzene rings is 2. The van der Waals surface area contributed by atoms with Crippen molar-refractivity contribution in [3.63, 3.8) is 0 Å². The first-order chi connectivity index (χ1) is 8.31. The fourth-order valence-electron chi connectivity index (χ4n) is 1.78. The van der Waals surface area contributed by atoms with Crippen LogP contribution < -0.4 is 0 Å². The largest absolute Gasteiger partial charge is 0.508 e. The number of hydrogen-bond donors (Lipinski definition) is 1. The van der Waals surface area contributed by atoms with Crippen LogP contribution in [0.4, 0.5) is 0 Å². The zero-order valence-corrected chi connectivity index (χ0v) is 9.13. The first-order valence-electron chi connectivity index (χ1n) is 5.43. The van der Waals surface area contributed by atoms with E-state index in [2.05, 4.69) is 4.98 Å². The summed E-state index contributed by atoms with van der Waals surface area (Å²) in [6.45, 7) is 0. The van der Waals surface area contributed by atoms with Crippen LogP contribution in [0.15, 0.2) is 52.9 Å². The van der Waals surface area contributed by atoms with E-state index in [4.69, 9.17) is 4.42 Å². The molecular weight excluding hydrogens is 214 g/mol. The van der Waals surface area contributed by atoms with Gasteiger partial charge in [0, 0.05) is 6.42 Å². The molecule has 1 N–H and O–H groups in total. The zero-order chi connectivity index (χ0) is 11.7. The highest BCUT2D eigenvalue weighted by Gasteiger charge is 2.05. The van der Waals surface area contributed by atoms with Crippen molar-refractivity contribution in [2.45, 2.75) is 6.42 Å². The second kappa shape index (κ2) is 3.94. The van der Waals surface area contributed by atoms with Crippen molar-refractivity contribution in [2.24, 2.45) is 0 Å². The number of para-hydroxylation sites is 2. The number of oxazole rings is 1. The molecule has 0 amide bonds. The molecule has 0 spiro atoms. The normalized spacial score (nSPS) is 10.8. The van der Waals surface area contributed by atoms with Crippen molar-refractivity contribution in [3.05, 3.63) is 60.0 Å². The van der Waals surface area contributed by atoms with Gasteiger partial charge in [0.15, 0.2) is 11.5 Å². The van der Waals surface area contributed by atoms with Gasteiger partial charge in [-0.3, -0.25) is 0 Å². The van der Waals surface area contributed by atoms with Crippen LogP contribution in [0, 0.1) is 0 Å². The monoisotopic (exact) mass is 225 g/mol. The molecule has 0 fully saturated rings. The van der Waals surface area contributed by atoms with Crippen LogP contribution in [0.5, 0.6) is 5.75 Å². The van der Waals surface area contributed by atoms with E-state index in [1.807, 2.05) is 36.4 Å². The predicted molar refractivity (Wildman–Crippen MR) is 64.9 cm³/mol. The molecule has 84 valence electrons. The second-order valence-corrected chi connectivity index (χ2v) is 3.92. The molecular formula is C14H11NO2. The van der Waals surface area contributed by atoms with Crippen molar-refractivity contribution in [3.8, 4) is 5.75 Å². The molecule has 0 aliphatic carbocycles. The van der Waals surface area contributed by atoms with Crippen molar-refractivity contribution in [1.29, 1.82) is 0 Å². The summed E-state index contributed by atoms with van der Waals surface area (Å²) >= 11 is 0.